The van der Waals surface area contributed by atoms with Crippen molar-refractivity contribution < 1.29 is 18.8 Å². The van der Waals surface area contributed by atoms with Gasteiger partial charge in [-0.25, -0.2) is 9.18 Å². The van der Waals surface area contributed by atoms with Crippen LogP contribution in [0.3, 0.4) is 0 Å². The average molecular weight is 311 g/mol. The summed E-state index contributed by atoms with van der Waals surface area (Å²) in [7, 11) is 0. The summed E-state index contributed by atoms with van der Waals surface area (Å²) in [5.74, 6) is -0.631. The third-order valence-electron chi connectivity index (χ3n) is 3.26. The molecule has 0 aromatic heterocycles. The van der Waals surface area contributed by atoms with Crippen LogP contribution in [0.15, 0.2) is 60.2 Å². The number of hydrogen-bond acceptors (Lipinski definition) is 4. The monoisotopic (exact) mass is 311 g/mol. The Bertz CT molecular complexity index is 853. The van der Waals surface area contributed by atoms with E-state index in [1.54, 1.807) is 6.07 Å². The van der Waals surface area contributed by atoms with Crippen molar-refractivity contribution in [1.82, 2.24) is 0 Å². The molecule has 114 valence electrons. The molecule has 2 aromatic carbocycles. The summed E-state index contributed by atoms with van der Waals surface area (Å²) < 4.78 is 18.1. The van der Waals surface area contributed by atoms with Gasteiger partial charge in [-0.2, -0.15) is 0 Å². The molecule has 23 heavy (non-hydrogen) atoms. The van der Waals surface area contributed by atoms with E-state index < -0.39 is 10.9 Å². The van der Waals surface area contributed by atoms with Crippen LogP contribution in [0.1, 0.15) is 11.1 Å². The summed E-state index contributed by atoms with van der Waals surface area (Å²) in [5.41, 5.74) is 1.29. The number of nitro benzene ring substituents is 1. The number of carbonyl (C=O) groups excluding carboxylic acids is 1. The fraction of sp³-hybridized carbons (Fsp3) is 0. The lowest BCUT2D eigenvalue weighted by Gasteiger charge is -2.00. The van der Waals surface area contributed by atoms with E-state index in [0.29, 0.717) is 16.9 Å². The number of ether oxygens (including phenoxy) is 1. The number of nitrogens with zero attached hydrogens (tertiary/aromatic N) is 1. The molecule has 0 spiro atoms. The third-order valence-corrected chi connectivity index (χ3v) is 3.26. The number of benzene rings is 2. The molecule has 0 saturated heterocycles. The van der Waals surface area contributed by atoms with Crippen molar-refractivity contribution in [3.8, 4) is 0 Å². The van der Waals surface area contributed by atoms with Crippen LogP contribution in [-0.2, 0) is 9.53 Å². The molecule has 0 atom stereocenters. The molecule has 0 saturated carbocycles. The van der Waals surface area contributed by atoms with Crippen molar-refractivity contribution in [3.05, 3.63) is 87.2 Å². The average Bonchev–Trinajstić information content (AvgIpc) is 2.89. The highest BCUT2D eigenvalue weighted by Crippen LogP contribution is 2.28. The second-order valence-corrected chi connectivity index (χ2v) is 4.86. The standard InChI is InChI=1S/C17H10FNO4/c18-14-6-4-12(5-7-14)16-10-13(17(20)23-16)8-11-2-1-3-15(9-11)19(21)22/h1-10H. The van der Waals surface area contributed by atoms with Gasteiger partial charge in [0.2, 0.25) is 0 Å². The van der Waals surface area contributed by atoms with E-state index in [4.69, 9.17) is 4.74 Å². The van der Waals surface area contributed by atoms with Gasteiger partial charge in [0, 0.05) is 17.7 Å². The minimum absolute atomic E-state index is 0.0616. The van der Waals surface area contributed by atoms with Gasteiger partial charge in [0.25, 0.3) is 5.69 Å². The molecular weight excluding hydrogens is 301 g/mol. The van der Waals surface area contributed by atoms with Crippen LogP contribution < -0.4 is 0 Å². The maximum atomic E-state index is 12.9. The fourth-order valence-electron chi connectivity index (χ4n) is 2.15. The Morgan fingerprint density at radius 3 is 2.57 bits per heavy atom. The molecule has 2 aromatic rings. The van der Waals surface area contributed by atoms with Gasteiger partial charge in [0.15, 0.2) is 0 Å². The number of carbonyl (C=O) groups is 1. The number of non-ortho nitro benzene ring substituents is 1. The van der Waals surface area contributed by atoms with E-state index in [2.05, 4.69) is 0 Å². The molecule has 0 amide bonds. The van der Waals surface area contributed by atoms with E-state index in [9.17, 15) is 19.3 Å². The van der Waals surface area contributed by atoms with Crippen molar-refractivity contribution in [2.75, 3.05) is 0 Å². The predicted octanol–water partition coefficient (Wildman–Crippen LogP) is 3.72. The van der Waals surface area contributed by atoms with Crippen LogP contribution in [0.4, 0.5) is 10.1 Å². The summed E-state index contributed by atoms with van der Waals surface area (Å²) in [4.78, 5) is 22.2. The second-order valence-electron chi connectivity index (χ2n) is 4.86. The largest absolute Gasteiger partial charge is 0.422 e. The van der Waals surface area contributed by atoms with Gasteiger partial charge >= 0.3 is 5.97 Å². The highest BCUT2D eigenvalue weighted by atomic mass is 19.1. The van der Waals surface area contributed by atoms with Crippen molar-refractivity contribution in [3.63, 3.8) is 0 Å². The Labute approximate surface area is 130 Å². The zero-order valence-corrected chi connectivity index (χ0v) is 11.7. The SMILES string of the molecule is O=C1OC(c2ccc(F)cc2)=CC1=Cc1cccc([N+](=O)[O-])c1. The number of halogens is 1. The number of rotatable bonds is 3. The summed E-state index contributed by atoms with van der Waals surface area (Å²) in [6.45, 7) is 0. The Kier molecular flexibility index (Phi) is 3.72. The summed E-state index contributed by atoms with van der Waals surface area (Å²) in [5, 5.41) is 10.8. The number of nitro groups is 1. The molecule has 0 fully saturated rings. The van der Waals surface area contributed by atoms with E-state index in [1.165, 1.54) is 54.6 Å². The van der Waals surface area contributed by atoms with E-state index in [1.807, 2.05) is 0 Å². The van der Waals surface area contributed by atoms with E-state index >= 15 is 0 Å². The molecule has 0 aliphatic carbocycles. The lowest BCUT2D eigenvalue weighted by Crippen LogP contribution is -1.97. The highest BCUT2D eigenvalue weighted by molar-refractivity contribution is 6.05. The van der Waals surface area contributed by atoms with E-state index in [0.717, 1.165) is 0 Å². The predicted molar refractivity (Wildman–Crippen MR) is 81.5 cm³/mol. The van der Waals surface area contributed by atoms with Gasteiger partial charge in [0.05, 0.1) is 10.5 Å². The molecule has 3 rings (SSSR count). The molecule has 1 aliphatic heterocycles. The van der Waals surface area contributed by atoms with Gasteiger partial charge in [-0.3, -0.25) is 10.1 Å². The Morgan fingerprint density at radius 2 is 1.87 bits per heavy atom. The molecule has 1 aliphatic rings. The quantitative estimate of drug-likeness (QED) is 0.375. The number of hydrogen-bond donors (Lipinski definition) is 0. The summed E-state index contributed by atoms with van der Waals surface area (Å²) in [6.07, 6.45) is 3.03. The molecule has 1 heterocycles. The zero-order chi connectivity index (χ0) is 16.4. The van der Waals surface area contributed by atoms with Gasteiger partial charge in [-0.15, -0.1) is 0 Å². The van der Waals surface area contributed by atoms with Crippen LogP contribution >= 0.6 is 0 Å². The molecule has 5 nitrogen and oxygen atoms in total. The molecular formula is C17H10FNO4. The minimum atomic E-state index is -0.559. The topological polar surface area (TPSA) is 69.4 Å². The van der Waals surface area contributed by atoms with Crippen molar-refractivity contribution in [1.29, 1.82) is 0 Å². The maximum Gasteiger partial charge on any atom is 0.343 e. The third kappa shape index (κ3) is 3.16. The fourth-order valence-corrected chi connectivity index (χ4v) is 2.15. The number of cyclic esters (lactones) is 1. The van der Waals surface area contributed by atoms with Gasteiger partial charge < -0.3 is 4.74 Å². The first-order valence-corrected chi connectivity index (χ1v) is 6.69. The van der Waals surface area contributed by atoms with Gasteiger partial charge in [-0.1, -0.05) is 12.1 Å². The first kappa shape index (κ1) is 14.6. The normalized spacial score (nSPS) is 15.4. The lowest BCUT2D eigenvalue weighted by atomic mass is 10.1. The van der Waals surface area contributed by atoms with Crippen LogP contribution in [0.5, 0.6) is 0 Å². The molecule has 6 heteroatoms. The summed E-state index contributed by atoms with van der Waals surface area (Å²) in [6, 6.07) is 11.5. The van der Waals surface area contributed by atoms with Crippen molar-refractivity contribution in [2.45, 2.75) is 0 Å². The smallest absolute Gasteiger partial charge is 0.343 e. The lowest BCUT2D eigenvalue weighted by molar-refractivity contribution is -0.384. The van der Waals surface area contributed by atoms with Crippen LogP contribution in [0.2, 0.25) is 0 Å². The Hall–Kier alpha value is -3.28. The maximum absolute atomic E-state index is 12.9. The number of esters is 1. The van der Waals surface area contributed by atoms with Crippen LogP contribution in [-0.4, -0.2) is 10.9 Å². The van der Waals surface area contributed by atoms with Gasteiger partial charge in [-0.05, 0) is 42.0 Å². The van der Waals surface area contributed by atoms with Crippen LogP contribution in [0.25, 0.3) is 11.8 Å². The van der Waals surface area contributed by atoms with E-state index in [-0.39, 0.29) is 17.1 Å². The molecule has 0 bridgehead atoms. The molecule has 0 N–H and O–H groups in total. The highest BCUT2D eigenvalue weighted by Gasteiger charge is 2.22. The van der Waals surface area contributed by atoms with Crippen molar-refractivity contribution in [2.24, 2.45) is 0 Å². The Balaban J connectivity index is 1.93. The molecule has 0 radical (unpaired) electrons. The Morgan fingerprint density at radius 1 is 1.13 bits per heavy atom. The first-order chi connectivity index (χ1) is 11.0. The zero-order valence-electron chi connectivity index (χ0n) is 11.7. The summed E-state index contributed by atoms with van der Waals surface area (Å²) >= 11 is 0. The first-order valence-electron chi connectivity index (χ1n) is 6.69. The van der Waals surface area contributed by atoms with Gasteiger partial charge in [0.1, 0.15) is 11.6 Å². The van der Waals surface area contributed by atoms with Crippen LogP contribution in [0, 0.1) is 15.9 Å². The van der Waals surface area contributed by atoms with Crippen molar-refractivity contribution >= 4 is 23.5 Å². The molecule has 0 unspecified atom stereocenters. The second kappa shape index (κ2) is 5.84. The minimum Gasteiger partial charge on any atom is -0.422 e.